The molecule has 0 bridgehead atoms. The maximum atomic E-state index is 6.27. The largest absolute Gasteiger partial charge is 0.493 e. The van der Waals surface area contributed by atoms with Gasteiger partial charge in [-0.3, -0.25) is 0 Å². The molecule has 0 saturated heterocycles. The zero-order valence-electron chi connectivity index (χ0n) is 20.1. The van der Waals surface area contributed by atoms with Gasteiger partial charge in [-0.05, 0) is 54.8 Å². The monoisotopic (exact) mass is 493 g/mol. The number of anilines is 1. The van der Waals surface area contributed by atoms with Crippen molar-refractivity contribution >= 4 is 17.2 Å². The van der Waals surface area contributed by atoms with Crippen molar-refractivity contribution in [2.75, 3.05) is 19.5 Å². The molecule has 0 amide bonds. The number of hydrogen-bond donors (Lipinski definition) is 1. The van der Waals surface area contributed by atoms with Crippen molar-refractivity contribution in [2.45, 2.75) is 57.8 Å². The Balaban J connectivity index is 1.34. The van der Waals surface area contributed by atoms with Crippen LogP contribution >= 0.6 is 11.3 Å². The molecule has 2 aliphatic heterocycles. The highest BCUT2D eigenvalue weighted by atomic mass is 32.1. The van der Waals surface area contributed by atoms with Gasteiger partial charge in [-0.25, -0.2) is 15.0 Å². The summed E-state index contributed by atoms with van der Waals surface area (Å²) >= 11 is 1.69. The molecule has 0 radical (unpaired) electrons. The number of fused-ring (bicyclic) bond motifs is 1. The molecule has 9 heteroatoms. The zero-order valence-corrected chi connectivity index (χ0v) is 21.0. The van der Waals surface area contributed by atoms with E-state index >= 15 is 0 Å². The fraction of sp³-hybridized carbons (Fsp3) is 0.423. The molecule has 5 rings (SSSR count). The van der Waals surface area contributed by atoms with Gasteiger partial charge < -0.3 is 24.5 Å². The first-order valence-corrected chi connectivity index (χ1v) is 12.9. The van der Waals surface area contributed by atoms with Gasteiger partial charge >= 0.3 is 0 Å². The number of benzene rings is 1. The first-order chi connectivity index (χ1) is 17.1. The third kappa shape index (κ3) is 5.41. The van der Waals surface area contributed by atoms with Crippen LogP contribution in [0.15, 0.2) is 42.0 Å². The highest BCUT2D eigenvalue weighted by molar-refractivity contribution is 7.09. The highest BCUT2D eigenvalue weighted by Gasteiger charge is 2.23. The van der Waals surface area contributed by atoms with Crippen molar-refractivity contribution in [2.24, 2.45) is 0 Å². The number of ether oxygens (including phenoxy) is 3. The lowest BCUT2D eigenvalue weighted by molar-refractivity contribution is 0.111. The summed E-state index contributed by atoms with van der Waals surface area (Å²) in [6.45, 7) is 3.75. The van der Waals surface area contributed by atoms with Gasteiger partial charge in [0.15, 0.2) is 28.8 Å². The first-order valence-electron chi connectivity index (χ1n) is 12.0. The van der Waals surface area contributed by atoms with Crippen LogP contribution in [-0.4, -0.2) is 39.3 Å². The van der Waals surface area contributed by atoms with Crippen LogP contribution in [0.2, 0.25) is 0 Å². The van der Waals surface area contributed by atoms with Crippen molar-refractivity contribution in [1.29, 1.82) is 0 Å². The molecular weight excluding hydrogens is 462 g/mol. The number of nitrogen functional groups attached to an aromatic ring is 1. The van der Waals surface area contributed by atoms with Crippen molar-refractivity contribution < 1.29 is 14.2 Å². The topological polar surface area (TPSA) is 97.3 Å². The number of aromatic nitrogens is 4. The van der Waals surface area contributed by atoms with E-state index in [-0.39, 0.29) is 12.0 Å². The van der Waals surface area contributed by atoms with Crippen LogP contribution in [0.4, 0.5) is 5.82 Å². The smallest absolute Gasteiger partial charge is 0.166 e. The van der Waals surface area contributed by atoms with Crippen LogP contribution in [0.25, 0.3) is 11.5 Å². The minimum absolute atomic E-state index is 0.0302. The molecule has 2 aromatic rings. The van der Waals surface area contributed by atoms with Gasteiger partial charge in [0, 0.05) is 10.8 Å². The van der Waals surface area contributed by atoms with E-state index < -0.39 is 0 Å². The lowest BCUT2D eigenvalue weighted by Crippen LogP contribution is -2.12. The lowest BCUT2D eigenvalue weighted by Gasteiger charge is -2.17. The van der Waals surface area contributed by atoms with Crippen LogP contribution in [-0.2, 0) is 17.9 Å². The van der Waals surface area contributed by atoms with Gasteiger partial charge in [0.2, 0.25) is 0 Å². The van der Waals surface area contributed by atoms with Crippen LogP contribution in [0, 0.1) is 0 Å². The van der Waals surface area contributed by atoms with E-state index in [9.17, 15) is 0 Å². The van der Waals surface area contributed by atoms with Gasteiger partial charge in [-0.1, -0.05) is 19.1 Å². The summed E-state index contributed by atoms with van der Waals surface area (Å²) in [7, 11) is 1.67. The Morgan fingerprint density at radius 3 is 2.80 bits per heavy atom. The van der Waals surface area contributed by atoms with E-state index in [1.54, 1.807) is 24.8 Å². The fourth-order valence-electron chi connectivity index (χ4n) is 4.41. The standard InChI is InChI=1S/C26H31N5O3S/c1-17(14-33-15-20-8-5-11-35-20)25-29-23-24(27)28-16-31(26(23)30-25)13-18-9-10-21(32-2)22(12-18)34-19-6-3-4-7-19/h5,8-12,16-17,19H,3-4,6-7,13-15,27H2,1-2H3. The molecule has 1 atom stereocenters. The molecule has 1 aromatic heterocycles. The van der Waals surface area contributed by atoms with Crippen molar-refractivity contribution in [3.63, 3.8) is 0 Å². The fourth-order valence-corrected chi connectivity index (χ4v) is 5.05. The van der Waals surface area contributed by atoms with Crippen LogP contribution in [0.3, 0.4) is 0 Å². The molecule has 8 nitrogen and oxygen atoms in total. The molecule has 1 saturated carbocycles. The number of nitrogens with zero attached hydrogens (tertiary/aromatic N) is 4. The average Bonchev–Trinajstić information content (AvgIpc) is 3.63. The zero-order chi connectivity index (χ0) is 24.2. The number of imidazole rings is 1. The Kier molecular flexibility index (Phi) is 7.15. The molecule has 2 N–H and O–H groups in total. The lowest BCUT2D eigenvalue weighted by atomic mass is 10.2. The molecular formula is C26H31N5O3S. The van der Waals surface area contributed by atoms with E-state index in [2.05, 4.69) is 23.4 Å². The normalized spacial score (nSPS) is 15.0. The number of hydrogen-bond acceptors (Lipinski definition) is 8. The molecule has 3 heterocycles. The van der Waals surface area contributed by atoms with E-state index in [0.29, 0.717) is 42.9 Å². The van der Waals surface area contributed by atoms with E-state index in [1.807, 2.05) is 28.8 Å². The van der Waals surface area contributed by atoms with E-state index in [4.69, 9.17) is 29.9 Å². The minimum Gasteiger partial charge on any atom is -0.493 e. The maximum Gasteiger partial charge on any atom is 0.166 e. The third-order valence-corrected chi connectivity index (χ3v) is 7.17. The van der Waals surface area contributed by atoms with Gasteiger partial charge in [-0.2, -0.15) is 0 Å². The summed E-state index contributed by atoms with van der Waals surface area (Å²) in [5.41, 5.74) is 7.83. The van der Waals surface area contributed by atoms with Crippen molar-refractivity contribution in [3.05, 3.63) is 58.3 Å². The Morgan fingerprint density at radius 2 is 2.03 bits per heavy atom. The van der Waals surface area contributed by atoms with Gasteiger partial charge in [0.25, 0.3) is 0 Å². The predicted octanol–water partition coefficient (Wildman–Crippen LogP) is 5.12. The molecule has 35 heavy (non-hydrogen) atoms. The SMILES string of the molecule is COc1ccc(Cn2cnc(N)c3nc(C(C)COCc4cccs4)nc2-3)cc1OC1CCCC1. The van der Waals surface area contributed by atoms with Crippen molar-refractivity contribution in [1.82, 2.24) is 19.5 Å². The van der Waals surface area contributed by atoms with Gasteiger partial charge in [-0.15, -0.1) is 11.3 Å². The highest BCUT2D eigenvalue weighted by Crippen LogP contribution is 2.33. The molecule has 1 fully saturated rings. The number of methoxy groups -OCH3 is 1. The summed E-state index contributed by atoms with van der Waals surface area (Å²) in [5, 5.41) is 2.05. The summed E-state index contributed by atoms with van der Waals surface area (Å²) < 4.78 is 19.7. The predicted molar refractivity (Wildman–Crippen MR) is 136 cm³/mol. The molecule has 0 spiro atoms. The molecule has 1 aromatic carbocycles. The number of nitrogens with two attached hydrogens (primary N) is 1. The Labute approximate surface area is 209 Å². The Hall–Kier alpha value is -3.17. The quantitative estimate of drug-likeness (QED) is 0.327. The second-order valence-corrected chi connectivity index (χ2v) is 10.0. The number of thiophene rings is 1. The summed E-state index contributed by atoms with van der Waals surface area (Å²) in [6, 6.07) is 10.1. The summed E-state index contributed by atoms with van der Waals surface area (Å²) in [6.07, 6.45) is 6.58. The maximum absolute atomic E-state index is 6.27. The van der Waals surface area contributed by atoms with E-state index in [0.717, 1.165) is 29.9 Å². The Bertz CT molecular complexity index is 1220. The van der Waals surface area contributed by atoms with Crippen molar-refractivity contribution in [3.8, 4) is 23.0 Å². The second-order valence-electron chi connectivity index (χ2n) is 9.02. The van der Waals surface area contributed by atoms with Crippen LogP contribution < -0.4 is 15.2 Å². The van der Waals surface area contributed by atoms with Gasteiger partial charge in [0.1, 0.15) is 5.82 Å². The Morgan fingerprint density at radius 1 is 1.17 bits per heavy atom. The first kappa shape index (κ1) is 23.6. The van der Waals surface area contributed by atoms with Crippen LogP contribution in [0.1, 0.15) is 54.8 Å². The van der Waals surface area contributed by atoms with Crippen LogP contribution in [0.5, 0.6) is 11.5 Å². The summed E-state index contributed by atoms with van der Waals surface area (Å²) in [5.74, 6) is 3.36. The minimum atomic E-state index is 0.0302. The average molecular weight is 494 g/mol. The van der Waals surface area contributed by atoms with Gasteiger partial charge in [0.05, 0.1) is 39.3 Å². The molecule has 1 aliphatic carbocycles. The third-order valence-electron chi connectivity index (χ3n) is 6.32. The molecule has 3 aliphatic rings. The molecule has 184 valence electrons. The second kappa shape index (κ2) is 10.6. The molecule has 1 unspecified atom stereocenters. The number of rotatable bonds is 10. The van der Waals surface area contributed by atoms with E-state index in [1.165, 1.54) is 17.7 Å². The summed E-state index contributed by atoms with van der Waals surface area (Å²) in [4.78, 5) is 15.1.